The van der Waals surface area contributed by atoms with E-state index in [4.69, 9.17) is 5.14 Å². The van der Waals surface area contributed by atoms with E-state index in [0.717, 1.165) is 18.4 Å². The van der Waals surface area contributed by atoms with Gasteiger partial charge in [-0.2, -0.15) is 0 Å². The molecule has 19 heavy (non-hydrogen) atoms. The van der Waals surface area contributed by atoms with Crippen molar-refractivity contribution in [2.24, 2.45) is 5.14 Å². The van der Waals surface area contributed by atoms with Crippen LogP contribution >= 0.6 is 0 Å². The number of allylic oxidation sites excluding steroid dienone is 1. The number of nitrogens with two attached hydrogens (primary N) is 1. The molecule has 1 aromatic rings. The molecule has 1 aromatic carbocycles. The van der Waals surface area contributed by atoms with Crippen LogP contribution < -0.4 is 10.5 Å². The van der Waals surface area contributed by atoms with E-state index in [-0.39, 0.29) is 10.9 Å². The molecular formula is C14H22N2O2S. The monoisotopic (exact) mass is 282 g/mol. The summed E-state index contributed by atoms with van der Waals surface area (Å²) in [6, 6.07) is 7.20. The van der Waals surface area contributed by atoms with E-state index >= 15 is 0 Å². The summed E-state index contributed by atoms with van der Waals surface area (Å²) in [5, 5.41) is 8.53. The summed E-state index contributed by atoms with van der Waals surface area (Å²) < 4.78 is 22.3. The Balaban J connectivity index is 2.67. The molecule has 3 N–H and O–H groups in total. The normalized spacial score (nSPS) is 14.9. The summed E-state index contributed by atoms with van der Waals surface area (Å²) in [7, 11) is -3.61. The van der Waals surface area contributed by atoms with Crippen LogP contribution in [0.4, 0.5) is 0 Å². The van der Waals surface area contributed by atoms with Crippen molar-refractivity contribution in [2.45, 2.75) is 43.7 Å². The third kappa shape index (κ3) is 5.14. The Morgan fingerprint density at radius 2 is 1.89 bits per heavy atom. The van der Waals surface area contributed by atoms with Gasteiger partial charge in [0.15, 0.2) is 0 Å². The van der Waals surface area contributed by atoms with Crippen LogP contribution in [-0.2, 0) is 10.0 Å². The van der Waals surface area contributed by atoms with Gasteiger partial charge in [-0.3, -0.25) is 0 Å². The second-order valence-corrected chi connectivity index (χ2v) is 6.33. The third-order valence-electron chi connectivity index (χ3n) is 3.05. The summed E-state index contributed by atoms with van der Waals surface area (Å²) in [5.41, 5.74) is 1.04. The fourth-order valence-electron chi connectivity index (χ4n) is 1.92. The Kier molecular flexibility index (Phi) is 5.72. The maximum atomic E-state index is 11.2. The highest BCUT2D eigenvalue weighted by atomic mass is 32.2. The number of rotatable bonds is 7. The summed E-state index contributed by atoms with van der Waals surface area (Å²) in [6.07, 6.45) is 3.91. The summed E-state index contributed by atoms with van der Waals surface area (Å²) in [5.74, 6) is 0. The molecule has 2 unspecified atom stereocenters. The topological polar surface area (TPSA) is 72.2 Å². The van der Waals surface area contributed by atoms with Gasteiger partial charge in [-0.15, -0.1) is 6.58 Å². The predicted molar refractivity (Wildman–Crippen MR) is 78.3 cm³/mol. The molecule has 0 saturated heterocycles. The van der Waals surface area contributed by atoms with Gasteiger partial charge in [0.2, 0.25) is 10.0 Å². The standard InChI is InChI=1S/C14H22N2O2S/c1-4-5-6-11(2)16-12(3)13-7-9-14(10-8-13)19(15,17)18/h4,7-12,16H,1,5-6H2,2-3H3,(H2,15,17,18). The highest BCUT2D eigenvalue weighted by molar-refractivity contribution is 7.89. The number of primary sulfonamides is 1. The maximum Gasteiger partial charge on any atom is 0.238 e. The Bertz CT molecular complexity index is 509. The van der Waals surface area contributed by atoms with Crippen LogP contribution in [0.1, 0.15) is 38.3 Å². The largest absolute Gasteiger partial charge is 0.308 e. The molecule has 0 radical (unpaired) electrons. The zero-order valence-corrected chi connectivity index (χ0v) is 12.3. The lowest BCUT2D eigenvalue weighted by molar-refractivity contribution is 0.459. The van der Waals surface area contributed by atoms with Crippen LogP contribution in [0.15, 0.2) is 41.8 Å². The zero-order valence-electron chi connectivity index (χ0n) is 11.5. The average Bonchev–Trinajstić information content (AvgIpc) is 2.35. The number of nitrogens with one attached hydrogen (secondary N) is 1. The number of hydrogen-bond acceptors (Lipinski definition) is 3. The molecule has 0 fully saturated rings. The summed E-state index contributed by atoms with van der Waals surface area (Å²) in [4.78, 5) is 0.142. The maximum absolute atomic E-state index is 11.2. The fraction of sp³-hybridized carbons (Fsp3) is 0.429. The lowest BCUT2D eigenvalue weighted by Gasteiger charge is -2.20. The highest BCUT2D eigenvalue weighted by Gasteiger charge is 2.11. The first-order valence-electron chi connectivity index (χ1n) is 6.34. The molecule has 4 nitrogen and oxygen atoms in total. The molecule has 106 valence electrons. The SMILES string of the molecule is C=CCCC(C)NC(C)c1ccc(S(N)(=O)=O)cc1. The average molecular weight is 282 g/mol. The molecule has 0 aliphatic carbocycles. The Morgan fingerprint density at radius 1 is 1.32 bits per heavy atom. The summed E-state index contributed by atoms with van der Waals surface area (Å²) >= 11 is 0. The van der Waals surface area contributed by atoms with Crippen molar-refractivity contribution < 1.29 is 8.42 Å². The van der Waals surface area contributed by atoms with Crippen LogP contribution in [0, 0.1) is 0 Å². The first-order valence-corrected chi connectivity index (χ1v) is 7.89. The molecular weight excluding hydrogens is 260 g/mol. The molecule has 0 heterocycles. The van der Waals surface area contributed by atoms with Crippen molar-refractivity contribution in [1.29, 1.82) is 0 Å². The van der Waals surface area contributed by atoms with Crippen LogP contribution in [0.2, 0.25) is 0 Å². The van der Waals surface area contributed by atoms with Crippen molar-refractivity contribution in [1.82, 2.24) is 5.32 Å². The van der Waals surface area contributed by atoms with E-state index in [1.165, 1.54) is 12.1 Å². The van der Waals surface area contributed by atoms with Gasteiger partial charge in [-0.05, 0) is 44.4 Å². The summed E-state index contributed by atoms with van der Waals surface area (Å²) in [6.45, 7) is 7.88. The Hall–Kier alpha value is -1.17. The number of hydrogen-bond donors (Lipinski definition) is 2. The van der Waals surface area contributed by atoms with Crippen LogP contribution in [-0.4, -0.2) is 14.5 Å². The van der Waals surface area contributed by atoms with Crippen molar-refractivity contribution in [2.75, 3.05) is 0 Å². The van der Waals surface area contributed by atoms with E-state index in [1.54, 1.807) is 12.1 Å². The lowest BCUT2D eigenvalue weighted by Crippen LogP contribution is -2.28. The van der Waals surface area contributed by atoms with Crippen molar-refractivity contribution in [3.63, 3.8) is 0 Å². The minimum atomic E-state index is -3.61. The minimum Gasteiger partial charge on any atom is -0.308 e. The third-order valence-corrected chi connectivity index (χ3v) is 3.98. The van der Waals surface area contributed by atoms with Gasteiger partial charge in [-0.25, -0.2) is 13.6 Å². The van der Waals surface area contributed by atoms with Gasteiger partial charge in [0, 0.05) is 12.1 Å². The zero-order chi connectivity index (χ0) is 14.5. The minimum absolute atomic E-state index is 0.142. The molecule has 1 rings (SSSR count). The van der Waals surface area contributed by atoms with E-state index < -0.39 is 10.0 Å². The van der Waals surface area contributed by atoms with Gasteiger partial charge in [-0.1, -0.05) is 18.2 Å². The van der Waals surface area contributed by atoms with Crippen LogP contribution in [0.25, 0.3) is 0 Å². The van der Waals surface area contributed by atoms with E-state index in [9.17, 15) is 8.42 Å². The first-order chi connectivity index (χ1) is 8.84. The van der Waals surface area contributed by atoms with Gasteiger partial charge in [0.25, 0.3) is 0 Å². The molecule has 0 aliphatic heterocycles. The Morgan fingerprint density at radius 3 is 2.37 bits per heavy atom. The number of sulfonamides is 1. The number of benzene rings is 1. The highest BCUT2D eigenvalue weighted by Crippen LogP contribution is 2.16. The van der Waals surface area contributed by atoms with Gasteiger partial charge in [0.05, 0.1) is 4.90 Å². The molecule has 0 bridgehead atoms. The molecule has 0 aromatic heterocycles. The smallest absolute Gasteiger partial charge is 0.238 e. The molecule has 0 spiro atoms. The lowest BCUT2D eigenvalue weighted by atomic mass is 10.1. The van der Waals surface area contributed by atoms with Crippen LogP contribution in [0.5, 0.6) is 0 Å². The quantitative estimate of drug-likeness (QED) is 0.754. The van der Waals surface area contributed by atoms with Gasteiger partial charge in [0.1, 0.15) is 0 Å². The van der Waals surface area contributed by atoms with Gasteiger partial charge < -0.3 is 5.32 Å². The molecule has 0 aliphatic rings. The van der Waals surface area contributed by atoms with Crippen molar-refractivity contribution >= 4 is 10.0 Å². The predicted octanol–water partition coefficient (Wildman–Crippen LogP) is 2.34. The Labute approximate surface area is 115 Å². The van der Waals surface area contributed by atoms with E-state index in [1.807, 2.05) is 6.08 Å². The molecule has 0 amide bonds. The molecule has 0 saturated carbocycles. The second-order valence-electron chi connectivity index (χ2n) is 4.77. The first kappa shape index (κ1) is 15.9. The fourth-order valence-corrected chi connectivity index (χ4v) is 2.44. The second kappa shape index (κ2) is 6.84. The van der Waals surface area contributed by atoms with Crippen molar-refractivity contribution in [3.05, 3.63) is 42.5 Å². The van der Waals surface area contributed by atoms with E-state index in [0.29, 0.717) is 6.04 Å². The molecule has 5 heteroatoms. The van der Waals surface area contributed by atoms with Gasteiger partial charge >= 0.3 is 0 Å². The molecule has 2 atom stereocenters. The van der Waals surface area contributed by atoms with E-state index in [2.05, 4.69) is 25.7 Å². The van der Waals surface area contributed by atoms with Crippen LogP contribution in [0.3, 0.4) is 0 Å². The van der Waals surface area contributed by atoms with Crippen molar-refractivity contribution in [3.8, 4) is 0 Å².